The van der Waals surface area contributed by atoms with Crippen molar-refractivity contribution in [3.8, 4) is 0 Å². The molecule has 0 radical (unpaired) electrons. The van der Waals surface area contributed by atoms with Gasteiger partial charge in [0.2, 0.25) is 0 Å². The fourth-order valence-corrected chi connectivity index (χ4v) is 0. The lowest BCUT2D eigenvalue weighted by atomic mass is 11.6. The molecule has 0 amide bonds. The molecule has 0 aliphatic carbocycles. The van der Waals surface area contributed by atoms with E-state index in [1.807, 2.05) is 0 Å². The summed E-state index contributed by atoms with van der Waals surface area (Å²) in [4.78, 5) is 29.9. The molecule has 0 bridgehead atoms. The SMILES string of the molecule is NCP(=O)(O)O.O=[PH](O)O. The molecule has 7 nitrogen and oxygen atoms in total. The molecule has 0 unspecified atom stereocenters. The monoisotopic (exact) mass is 193 g/mol. The fraction of sp³-hybridized carbons (Fsp3) is 1.00. The van der Waals surface area contributed by atoms with Crippen LogP contribution in [0.3, 0.4) is 0 Å². The molecule has 0 aromatic rings. The molecule has 0 aliphatic heterocycles. The molecule has 0 atom stereocenters. The first-order chi connectivity index (χ1) is 4.29. The average Bonchev–Trinajstić information content (AvgIpc) is 1.63. The van der Waals surface area contributed by atoms with E-state index in [9.17, 15) is 4.57 Å². The first kappa shape index (κ1) is 12.9. The molecular weight excluding hydrogens is 184 g/mol. The van der Waals surface area contributed by atoms with Gasteiger partial charge in [-0.3, -0.25) is 9.13 Å². The minimum absolute atomic E-state index is 0.562. The maximum Gasteiger partial charge on any atom is 0.338 e. The quantitative estimate of drug-likeness (QED) is 0.317. The number of rotatable bonds is 1. The second-order valence-corrected chi connectivity index (χ2v) is 3.39. The van der Waals surface area contributed by atoms with Gasteiger partial charge in [0.05, 0.1) is 6.29 Å². The molecule has 0 aliphatic rings. The standard InChI is InChI=1S/CH6NO3P.H3O3P/c2-1-6(3,4)5;1-4(2)3/h1-2H2,(H2,3,4,5);4H,(H2,1,2,3). The Labute approximate surface area is 57.6 Å². The summed E-state index contributed by atoms with van der Waals surface area (Å²) in [6.07, 6.45) is -0.562. The van der Waals surface area contributed by atoms with E-state index in [0.29, 0.717) is 0 Å². The Kier molecular flexibility index (Phi) is 7.74. The molecule has 10 heavy (non-hydrogen) atoms. The smallest absolute Gasteiger partial charge is 0.326 e. The van der Waals surface area contributed by atoms with Crippen molar-refractivity contribution in [2.45, 2.75) is 0 Å². The second-order valence-electron chi connectivity index (χ2n) is 1.13. The Balaban J connectivity index is 0. The number of nitrogens with two attached hydrogens (primary N) is 1. The van der Waals surface area contributed by atoms with Crippen LogP contribution in [0.15, 0.2) is 0 Å². The third-order valence-electron chi connectivity index (χ3n) is 0.238. The lowest BCUT2D eigenvalue weighted by molar-refractivity contribution is 0.373. The highest BCUT2D eigenvalue weighted by Gasteiger charge is 2.05. The van der Waals surface area contributed by atoms with E-state index in [-0.39, 0.29) is 0 Å². The number of hydrogen-bond donors (Lipinski definition) is 5. The zero-order valence-corrected chi connectivity index (χ0v) is 6.73. The summed E-state index contributed by atoms with van der Waals surface area (Å²) in [6.45, 7) is 0. The molecule has 0 saturated carbocycles. The van der Waals surface area contributed by atoms with Crippen LogP contribution in [-0.2, 0) is 9.13 Å². The fourth-order valence-electron chi connectivity index (χ4n) is 0. The predicted octanol–water partition coefficient (Wildman–Crippen LogP) is -1.56. The van der Waals surface area contributed by atoms with Crippen LogP contribution < -0.4 is 5.73 Å². The van der Waals surface area contributed by atoms with Crippen LogP contribution in [0, 0.1) is 0 Å². The molecule has 0 spiro atoms. The van der Waals surface area contributed by atoms with E-state index in [2.05, 4.69) is 5.73 Å². The Morgan fingerprint density at radius 1 is 1.40 bits per heavy atom. The summed E-state index contributed by atoms with van der Waals surface area (Å²) >= 11 is 0. The van der Waals surface area contributed by atoms with Crippen LogP contribution in [0.2, 0.25) is 0 Å². The van der Waals surface area contributed by atoms with Gasteiger partial charge in [-0.25, -0.2) is 0 Å². The minimum Gasteiger partial charge on any atom is -0.326 e. The van der Waals surface area contributed by atoms with Crippen molar-refractivity contribution in [3.05, 3.63) is 0 Å². The van der Waals surface area contributed by atoms with Gasteiger partial charge < -0.3 is 25.3 Å². The normalized spacial score (nSPS) is 10.6. The van der Waals surface area contributed by atoms with Crippen molar-refractivity contribution in [1.82, 2.24) is 0 Å². The van der Waals surface area contributed by atoms with Gasteiger partial charge >= 0.3 is 15.9 Å². The van der Waals surface area contributed by atoms with Gasteiger partial charge in [-0.05, 0) is 0 Å². The summed E-state index contributed by atoms with van der Waals surface area (Å²) in [6, 6.07) is 0. The zero-order chi connectivity index (χ0) is 8.78. The molecule has 9 heteroatoms. The zero-order valence-electron chi connectivity index (χ0n) is 4.84. The first-order valence-corrected chi connectivity index (χ1v) is 5.06. The van der Waals surface area contributed by atoms with E-state index in [1.54, 1.807) is 0 Å². The summed E-state index contributed by atoms with van der Waals surface area (Å²) < 4.78 is 18.3. The van der Waals surface area contributed by atoms with E-state index in [0.717, 1.165) is 0 Å². The van der Waals surface area contributed by atoms with E-state index >= 15 is 0 Å². The molecule has 0 rings (SSSR count). The van der Waals surface area contributed by atoms with Crippen molar-refractivity contribution in [2.75, 3.05) is 6.29 Å². The van der Waals surface area contributed by atoms with Crippen LogP contribution in [0.1, 0.15) is 0 Å². The Morgan fingerprint density at radius 2 is 1.50 bits per heavy atom. The van der Waals surface area contributed by atoms with Crippen LogP contribution in [-0.4, -0.2) is 25.9 Å². The molecular formula is CH9NO6P2. The Morgan fingerprint density at radius 3 is 1.50 bits per heavy atom. The van der Waals surface area contributed by atoms with Crippen molar-refractivity contribution in [3.63, 3.8) is 0 Å². The van der Waals surface area contributed by atoms with Crippen molar-refractivity contribution in [1.29, 1.82) is 0 Å². The van der Waals surface area contributed by atoms with Gasteiger partial charge in [0.1, 0.15) is 0 Å². The summed E-state index contributed by atoms with van der Waals surface area (Å²) in [5, 5.41) is 0. The second kappa shape index (κ2) is 6.00. The summed E-state index contributed by atoms with van der Waals surface area (Å²) in [5.41, 5.74) is 4.54. The molecule has 0 heterocycles. The van der Waals surface area contributed by atoms with Crippen LogP contribution in [0.25, 0.3) is 0 Å². The molecule has 6 N–H and O–H groups in total. The summed E-state index contributed by atoms with van der Waals surface area (Å²) in [7, 11) is -7.00. The molecule has 0 fully saturated rings. The lowest BCUT2D eigenvalue weighted by Gasteiger charge is -1.92. The highest BCUT2D eigenvalue weighted by Crippen LogP contribution is 2.30. The van der Waals surface area contributed by atoms with Gasteiger partial charge in [-0.2, -0.15) is 0 Å². The highest BCUT2D eigenvalue weighted by molar-refractivity contribution is 7.51. The summed E-state index contributed by atoms with van der Waals surface area (Å²) in [5.74, 6) is 0. The molecule has 0 aromatic carbocycles. The van der Waals surface area contributed by atoms with Crippen LogP contribution in [0.5, 0.6) is 0 Å². The highest BCUT2D eigenvalue weighted by atomic mass is 31.2. The van der Waals surface area contributed by atoms with Gasteiger partial charge in [0.15, 0.2) is 0 Å². The molecule has 0 aromatic heterocycles. The van der Waals surface area contributed by atoms with E-state index in [4.69, 9.17) is 24.1 Å². The third-order valence-corrected chi connectivity index (χ3v) is 0.714. The Hall–Kier alpha value is 0.260. The van der Waals surface area contributed by atoms with Crippen molar-refractivity contribution < 1.29 is 28.7 Å². The van der Waals surface area contributed by atoms with Gasteiger partial charge in [-0.15, -0.1) is 0 Å². The predicted molar refractivity (Wildman–Crippen MR) is 34.5 cm³/mol. The maximum absolute atomic E-state index is 9.57. The lowest BCUT2D eigenvalue weighted by Crippen LogP contribution is -1.97. The van der Waals surface area contributed by atoms with E-state index < -0.39 is 22.1 Å². The van der Waals surface area contributed by atoms with Crippen molar-refractivity contribution >= 4 is 15.9 Å². The Bertz CT molecular complexity index is 135. The molecule has 64 valence electrons. The molecule has 0 saturated heterocycles. The van der Waals surface area contributed by atoms with Gasteiger partial charge in [0.25, 0.3) is 0 Å². The minimum atomic E-state index is -3.87. The largest absolute Gasteiger partial charge is 0.338 e. The third kappa shape index (κ3) is 41.0. The van der Waals surface area contributed by atoms with Gasteiger partial charge in [-0.1, -0.05) is 0 Å². The number of hydrogen-bond acceptors (Lipinski definition) is 3. The van der Waals surface area contributed by atoms with Crippen LogP contribution >= 0.6 is 15.9 Å². The topological polar surface area (TPSA) is 141 Å². The first-order valence-electron chi connectivity index (χ1n) is 1.96. The maximum atomic E-state index is 9.57. The average molecular weight is 193 g/mol. The van der Waals surface area contributed by atoms with E-state index in [1.165, 1.54) is 0 Å². The van der Waals surface area contributed by atoms with Crippen LogP contribution in [0.4, 0.5) is 0 Å². The van der Waals surface area contributed by atoms with Gasteiger partial charge in [0, 0.05) is 0 Å². The van der Waals surface area contributed by atoms with Crippen molar-refractivity contribution in [2.24, 2.45) is 5.73 Å².